The van der Waals surface area contributed by atoms with Gasteiger partial charge < -0.3 is 9.84 Å². The van der Waals surface area contributed by atoms with Gasteiger partial charge in [-0.3, -0.25) is 4.79 Å². The Morgan fingerprint density at radius 3 is 2.57 bits per heavy atom. The lowest BCUT2D eigenvalue weighted by atomic mass is 9.80. The highest BCUT2D eigenvalue weighted by molar-refractivity contribution is 6.00. The van der Waals surface area contributed by atoms with Crippen molar-refractivity contribution in [3.8, 4) is 5.75 Å². The minimum atomic E-state index is -0.106. The summed E-state index contributed by atoms with van der Waals surface area (Å²) in [7, 11) is 1.56. The highest BCUT2D eigenvalue weighted by Crippen LogP contribution is 2.43. The van der Waals surface area contributed by atoms with E-state index < -0.39 is 0 Å². The number of ketones is 1. The summed E-state index contributed by atoms with van der Waals surface area (Å²) in [6.45, 7) is 0. The number of methoxy groups -OCH3 is 1. The topological polar surface area (TPSA) is 71.2 Å². The number of nitrogens with zero attached hydrogens (tertiary/aromatic N) is 2. The molecule has 0 aromatic heterocycles. The monoisotopic (exact) mass is 286 g/mol. The van der Waals surface area contributed by atoms with Crippen LogP contribution in [-0.4, -0.2) is 18.0 Å². The zero-order valence-electron chi connectivity index (χ0n) is 12.0. The number of aliphatic hydroxyl groups is 1. The smallest absolute Gasteiger partial charge is 0.190 e. The third-order valence-corrected chi connectivity index (χ3v) is 4.27. The first-order chi connectivity index (χ1) is 10.2. The van der Waals surface area contributed by atoms with Crippen LogP contribution in [0.5, 0.6) is 5.75 Å². The Labute approximate surface area is 123 Å². The maximum Gasteiger partial charge on any atom is 0.190 e. The maximum absolute atomic E-state index is 12.3. The molecule has 2 unspecified atom stereocenters. The molecule has 0 amide bonds. The van der Waals surface area contributed by atoms with Crippen LogP contribution in [-0.2, 0) is 4.79 Å². The van der Waals surface area contributed by atoms with E-state index in [1.54, 1.807) is 19.2 Å². The lowest BCUT2D eigenvalue weighted by Crippen LogP contribution is -2.21. The van der Waals surface area contributed by atoms with E-state index in [4.69, 9.17) is 4.74 Å². The molecule has 2 atom stereocenters. The number of hydrogen-bond donors (Lipinski definition) is 1. The number of para-hydroxylation sites is 1. The second-order valence-corrected chi connectivity index (χ2v) is 5.47. The number of allylic oxidation sites excluding steroid dienone is 2. The Kier molecular flexibility index (Phi) is 3.73. The zero-order valence-corrected chi connectivity index (χ0v) is 12.0. The van der Waals surface area contributed by atoms with Crippen LogP contribution in [0.25, 0.3) is 0 Å². The predicted octanol–water partition coefficient (Wildman–Crippen LogP) is 3.94. The van der Waals surface area contributed by atoms with Crippen molar-refractivity contribution < 1.29 is 14.6 Å². The Bertz CT molecular complexity index is 622. The molecule has 1 aromatic carbocycles. The standard InChI is InChI=1S/C16H18N2O3/c1-21-13-9-5-4-8-12(13)17-18-14-15(19)10-6-2-3-7-11(10)16(14)20/h4-5,8-11,19H,2-3,6-7H2,1H3. The predicted molar refractivity (Wildman–Crippen MR) is 77.6 cm³/mol. The Morgan fingerprint density at radius 2 is 1.86 bits per heavy atom. The first-order valence-electron chi connectivity index (χ1n) is 7.24. The van der Waals surface area contributed by atoms with E-state index in [0.29, 0.717) is 11.4 Å². The number of fused-ring (bicyclic) bond motifs is 1. The molecule has 1 N–H and O–H groups in total. The van der Waals surface area contributed by atoms with Crippen LogP contribution in [0.2, 0.25) is 0 Å². The fraction of sp³-hybridized carbons (Fsp3) is 0.438. The number of aliphatic hydroxyl groups excluding tert-OH is 1. The number of Topliss-reactive ketones (excluding diaryl/α,β-unsaturated/α-hetero) is 1. The normalized spacial score (nSPS) is 25.5. The van der Waals surface area contributed by atoms with Gasteiger partial charge in [0.25, 0.3) is 0 Å². The Balaban J connectivity index is 1.88. The van der Waals surface area contributed by atoms with Crippen molar-refractivity contribution in [3.05, 3.63) is 35.7 Å². The van der Waals surface area contributed by atoms with Gasteiger partial charge in [0.15, 0.2) is 11.5 Å². The van der Waals surface area contributed by atoms with E-state index in [1.165, 1.54) is 0 Å². The lowest BCUT2D eigenvalue weighted by Gasteiger charge is -2.23. The molecule has 1 saturated carbocycles. The van der Waals surface area contributed by atoms with E-state index >= 15 is 0 Å². The first-order valence-corrected chi connectivity index (χ1v) is 7.24. The molecule has 0 heterocycles. The summed E-state index contributed by atoms with van der Waals surface area (Å²) in [6.07, 6.45) is 3.78. The average molecular weight is 286 g/mol. The molecule has 2 aliphatic carbocycles. The largest absolute Gasteiger partial charge is 0.510 e. The van der Waals surface area contributed by atoms with Crippen LogP contribution in [0, 0.1) is 11.8 Å². The summed E-state index contributed by atoms with van der Waals surface area (Å²) in [5.74, 6) is 0.464. The highest BCUT2D eigenvalue weighted by Gasteiger charge is 2.43. The van der Waals surface area contributed by atoms with Crippen molar-refractivity contribution in [2.75, 3.05) is 7.11 Å². The fourth-order valence-electron chi connectivity index (χ4n) is 3.17. The molecule has 3 rings (SSSR count). The molecular weight excluding hydrogens is 268 g/mol. The molecule has 0 aliphatic heterocycles. The molecule has 1 fully saturated rings. The summed E-state index contributed by atoms with van der Waals surface area (Å²) in [6, 6.07) is 7.19. The molecule has 0 saturated heterocycles. The van der Waals surface area contributed by atoms with Gasteiger partial charge in [-0.1, -0.05) is 25.0 Å². The Hall–Kier alpha value is -2.17. The van der Waals surface area contributed by atoms with E-state index in [2.05, 4.69) is 10.2 Å². The highest BCUT2D eigenvalue weighted by atomic mass is 16.5. The van der Waals surface area contributed by atoms with Crippen LogP contribution < -0.4 is 4.74 Å². The number of carbonyl (C=O) groups is 1. The van der Waals surface area contributed by atoms with Gasteiger partial charge in [-0.2, -0.15) is 0 Å². The maximum atomic E-state index is 12.3. The van der Waals surface area contributed by atoms with Gasteiger partial charge in [0.05, 0.1) is 7.11 Å². The molecule has 2 aliphatic rings. The number of hydrogen-bond acceptors (Lipinski definition) is 5. The van der Waals surface area contributed by atoms with Crippen molar-refractivity contribution >= 4 is 11.5 Å². The molecule has 1 aromatic rings. The molecule has 0 bridgehead atoms. The zero-order chi connectivity index (χ0) is 14.8. The van der Waals surface area contributed by atoms with E-state index in [1.807, 2.05) is 12.1 Å². The number of rotatable bonds is 3. The average Bonchev–Trinajstić information content (AvgIpc) is 2.78. The second kappa shape index (κ2) is 5.68. The minimum Gasteiger partial charge on any atom is -0.510 e. The molecule has 5 heteroatoms. The lowest BCUT2D eigenvalue weighted by molar-refractivity contribution is -0.120. The van der Waals surface area contributed by atoms with Gasteiger partial charge in [-0.25, -0.2) is 0 Å². The SMILES string of the molecule is COc1ccccc1N=NC1=C(O)C2CCCCC2C1=O. The molecule has 0 spiro atoms. The fourth-order valence-corrected chi connectivity index (χ4v) is 3.17. The quantitative estimate of drug-likeness (QED) is 0.855. The van der Waals surface area contributed by atoms with Crippen LogP contribution in [0.15, 0.2) is 46.0 Å². The molecule has 21 heavy (non-hydrogen) atoms. The van der Waals surface area contributed by atoms with Gasteiger partial charge in [0.2, 0.25) is 0 Å². The second-order valence-electron chi connectivity index (χ2n) is 5.47. The van der Waals surface area contributed by atoms with E-state index in [0.717, 1.165) is 25.7 Å². The number of azo groups is 1. The third-order valence-electron chi connectivity index (χ3n) is 4.27. The summed E-state index contributed by atoms with van der Waals surface area (Å²) >= 11 is 0. The number of ether oxygens (including phenoxy) is 1. The van der Waals surface area contributed by atoms with Crippen LogP contribution >= 0.6 is 0 Å². The first kappa shape index (κ1) is 13.8. The van der Waals surface area contributed by atoms with Crippen molar-refractivity contribution in [2.45, 2.75) is 25.7 Å². The van der Waals surface area contributed by atoms with Crippen molar-refractivity contribution in [1.29, 1.82) is 0 Å². The van der Waals surface area contributed by atoms with Crippen LogP contribution in [0.1, 0.15) is 25.7 Å². The van der Waals surface area contributed by atoms with Gasteiger partial charge in [-0.05, 0) is 25.0 Å². The third kappa shape index (κ3) is 2.44. The summed E-state index contributed by atoms with van der Waals surface area (Å²) in [4.78, 5) is 12.3. The van der Waals surface area contributed by atoms with Crippen molar-refractivity contribution in [2.24, 2.45) is 22.1 Å². The van der Waals surface area contributed by atoms with Gasteiger partial charge in [-0.15, -0.1) is 10.2 Å². The molecule has 5 nitrogen and oxygen atoms in total. The van der Waals surface area contributed by atoms with Crippen LogP contribution in [0.4, 0.5) is 5.69 Å². The number of carbonyl (C=O) groups excluding carboxylic acids is 1. The van der Waals surface area contributed by atoms with E-state index in [-0.39, 0.29) is 29.1 Å². The molecule has 0 radical (unpaired) electrons. The molecule has 110 valence electrons. The Morgan fingerprint density at radius 1 is 1.14 bits per heavy atom. The number of benzene rings is 1. The summed E-state index contributed by atoms with van der Waals surface area (Å²) in [5, 5.41) is 18.3. The van der Waals surface area contributed by atoms with Crippen molar-refractivity contribution in [3.63, 3.8) is 0 Å². The van der Waals surface area contributed by atoms with E-state index in [9.17, 15) is 9.90 Å². The van der Waals surface area contributed by atoms with Gasteiger partial charge in [0.1, 0.15) is 17.2 Å². The van der Waals surface area contributed by atoms with Crippen molar-refractivity contribution in [1.82, 2.24) is 0 Å². The van der Waals surface area contributed by atoms with Gasteiger partial charge >= 0.3 is 0 Å². The molecular formula is C16H18N2O3. The van der Waals surface area contributed by atoms with Crippen LogP contribution in [0.3, 0.4) is 0 Å². The minimum absolute atomic E-state index is 0.0575. The summed E-state index contributed by atoms with van der Waals surface area (Å²) in [5.41, 5.74) is 0.667. The summed E-state index contributed by atoms with van der Waals surface area (Å²) < 4.78 is 5.19. The van der Waals surface area contributed by atoms with Gasteiger partial charge in [0, 0.05) is 11.8 Å².